The molecule has 0 spiro atoms. The van der Waals surface area contributed by atoms with Crippen LogP contribution >= 0.6 is 11.6 Å². The summed E-state index contributed by atoms with van der Waals surface area (Å²) >= 11 is 6.11. The third kappa shape index (κ3) is 4.26. The molecular weight excluding hydrogens is 336 g/mol. The molecule has 4 N–H and O–H groups in total. The number of nitrogens with one attached hydrogen (secondary N) is 1. The van der Waals surface area contributed by atoms with E-state index in [9.17, 15) is 0 Å². The lowest BCUT2D eigenvalue weighted by atomic mass is 10.1. The molecule has 0 unspecified atom stereocenters. The average molecular weight is 355 g/mol. The van der Waals surface area contributed by atoms with Gasteiger partial charge in [0.15, 0.2) is 0 Å². The van der Waals surface area contributed by atoms with Crippen molar-refractivity contribution in [2.45, 2.75) is 13.3 Å². The molecule has 0 saturated heterocycles. The number of rotatable bonds is 5. The Hall–Kier alpha value is -2.63. The summed E-state index contributed by atoms with van der Waals surface area (Å²) in [6.45, 7) is 2.13. The van der Waals surface area contributed by atoms with Crippen molar-refractivity contribution in [1.29, 1.82) is 0 Å². The van der Waals surface area contributed by atoms with Gasteiger partial charge >= 0.3 is 0 Å². The molecule has 0 saturated carbocycles. The molecule has 128 valence electrons. The van der Waals surface area contributed by atoms with E-state index in [0.717, 1.165) is 22.4 Å². The van der Waals surface area contributed by atoms with Gasteiger partial charge in [-0.3, -0.25) is 0 Å². The molecular formula is C19H19ClN4O. The molecule has 0 atom stereocenters. The Labute approximate surface area is 151 Å². The summed E-state index contributed by atoms with van der Waals surface area (Å²) in [6.07, 6.45) is 0.638. The fourth-order valence-corrected chi connectivity index (χ4v) is 2.74. The maximum absolute atomic E-state index is 8.98. The van der Waals surface area contributed by atoms with Gasteiger partial charge in [0.1, 0.15) is 5.82 Å². The number of aliphatic hydroxyl groups excluding tert-OH is 1. The molecule has 0 aliphatic heterocycles. The second-order valence-corrected chi connectivity index (χ2v) is 6.19. The van der Waals surface area contributed by atoms with E-state index < -0.39 is 0 Å². The first-order chi connectivity index (χ1) is 12.0. The van der Waals surface area contributed by atoms with Crippen molar-refractivity contribution in [3.05, 3.63) is 64.7 Å². The average Bonchev–Trinajstić information content (AvgIpc) is 2.58. The van der Waals surface area contributed by atoms with Crippen molar-refractivity contribution in [3.63, 3.8) is 0 Å². The number of hydrogen-bond donors (Lipinski definition) is 3. The lowest BCUT2D eigenvalue weighted by Crippen LogP contribution is -2.02. The Kier molecular flexibility index (Phi) is 5.16. The summed E-state index contributed by atoms with van der Waals surface area (Å²) in [5.74, 6) is 0.799. The molecule has 1 aromatic heterocycles. The highest BCUT2D eigenvalue weighted by atomic mass is 35.5. The monoisotopic (exact) mass is 354 g/mol. The van der Waals surface area contributed by atoms with Crippen LogP contribution in [0, 0.1) is 6.92 Å². The predicted octanol–water partition coefficient (Wildman–Crippen LogP) is 3.97. The van der Waals surface area contributed by atoms with Crippen molar-refractivity contribution in [2.75, 3.05) is 17.7 Å². The Morgan fingerprint density at radius 2 is 1.84 bits per heavy atom. The minimum Gasteiger partial charge on any atom is -0.396 e. The van der Waals surface area contributed by atoms with E-state index >= 15 is 0 Å². The zero-order valence-corrected chi connectivity index (χ0v) is 14.6. The zero-order chi connectivity index (χ0) is 17.8. The number of aliphatic hydroxyl groups is 1. The van der Waals surface area contributed by atoms with E-state index in [0.29, 0.717) is 23.0 Å². The second kappa shape index (κ2) is 7.51. The first-order valence-corrected chi connectivity index (χ1v) is 8.31. The molecule has 1 heterocycles. The van der Waals surface area contributed by atoms with Gasteiger partial charge in [0, 0.05) is 28.9 Å². The molecule has 6 heteroatoms. The van der Waals surface area contributed by atoms with Crippen molar-refractivity contribution in [3.8, 4) is 11.3 Å². The minimum absolute atomic E-state index is 0.136. The summed E-state index contributed by atoms with van der Waals surface area (Å²) in [7, 11) is 0. The van der Waals surface area contributed by atoms with Gasteiger partial charge in [-0.25, -0.2) is 4.98 Å². The maximum atomic E-state index is 8.98. The molecule has 2 aromatic carbocycles. The molecule has 0 radical (unpaired) electrons. The number of benzene rings is 2. The second-order valence-electron chi connectivity index (χ2n) is 5.75. The number of aromatic nitrogens is 2. The molecule has 0 aliphatic rings. The van der Waals surface area contributed by atoms with Crippen molar-refractivity contribution in [1.82, 2.24) is 9.97 Å². The third-order valence-corrected chi connectivity index (χ3v) is 4.08. The highest BCUT2D eigenvalue weighted by Gasteiger charge is 2.09. The molecule has 0 fully saturated rings. The molecule has 3 aromatic rings. The van der Waals surface area contributed by atoms with Crippen molar-refractivity contribution in [2.24, 2.45) is 0 Å². The van der Waals surface area contributed by atoms with Crippen LogP contribution in [0.3, 0.4) is 0 Å². The summed E-state index contributed by atoms with van der Waals surface area (Å²) in [4.78, 5) is 8.57. The Morgan fingerprint density at radius 3 is 2.56 bits per heavy atom. The van der Waals surface area contributed by atoms with Crippen LogP contribution in [0.25, 0.3) is 11.3 Å². The number of nitrogen functional groups attached to an aromatic ring is 1. The van der Waals surface area contributed by atoms with Crippen LogP contribution in [0.15, 0.2) is 48.5 Å². The molecule has 0 bridgehead atoms. The number of nitrogens with zero attached hydrogens (tertiary/aromatic N) is 2. The van der Waals surface area contributed by atoms with Gasteiger partial charge in [0.2, 0.25) is 5.95 Å². The van der Waals surface area contributed by atoms with E-state index in [1.54, 1.807) is 0 Å². The number of nitrogens with two attached hydrogens (primary N) is 1. The standard InChI is InChI=1S/C19H19ClN4O/c1-12-2-5-14(20)10-16(12)17-11-18(24-19(21)23-17)22-15-6-3-13(4-7-15)8-9-25/h2-7,10-11,25H,8-9H2,1H3,(H3,21,22,23,24). The van der Waals surface area contributed by atoms with E-state index in [4.69, 9.17) is 22.4 Å². The predicted molar refractivity (Wildman–Crippen MR) is 102 cm³/mol. The maximum Gasteiger partial charge on any atom is 0.222 e. The highest BCUT2D eigenvalue weighted by Crippen LogP contribution is 2.28. The topological polar surface area (TPSA) is 84.1 Å². The largest absolute Gasteiger partial charge is 0.396 e. The first-order valence-electron chi connectivity index (χ1n) is 7.93. The Bertz CT molecular complexity index is 881. The number of hydrogen-bond acceptors (Lipinski definition) is 5. The first kappa shape index (κ1) is 17.2. The van der Waals surface area contributed by atoms with Gasteiger partial charge in [-0.05, 0) is 48.7 Å². The summed E-state index contributed by atoms with van der Waals surface area (Å²) in [5.41, 5.74) is 10.5. The summed E-state index contributed by atoms with van der Waals surface area (Å²) < 4.78 is 0. The molecule has 0 amide bonds. The van der Waals surface area contributed by atoms with Crippen LogP contribution in [0.4, 0.5) is 17.5 Å². The van der Waals surface area contributed by atoms with E-state index in [2.05, 4.69) is 15.3 Å². The van der Waals surface area contributed by atoms with Crippen LogP contribution in [-0.2, 0) is 6.42 Å². The van der Waals surface area contributed by atoms with Gasteiger partial charge < -0.3 is 16.2 Å². The molecule has 3 rings (SSSR count). The number of halogens is 1. The van der Waals surface area contributed by atoms with Gasteiger partial charge in [-0.15, -0.1) is 0 Å². The van der Waals surface area contributed by atoms with Crippen LogP contribution in [0.5, 0.6) is 0 Å². The van der Waals surface area contributed by atoms with Crippen LogP contribution in [0.2, 0.25) is 5.02 Å². The fourth-order valence-electron chi connectivity index (χ4n) is 2.57. The molecule has 5 nitrogen and oxygen atoms in total. The lowest BCUT2D eigenvalue weighted by Gasteiger charge is -2.11. The Morgan fingerprint density at radius 1 is 1.08 bits per heavy atom. The normalized spacial score (nSPS) is 10.7. The van der Waals surface area contributed by atoms with E-state index in [1.165, 1.54) is 0 Å². The Balaban J connectivity index is 1.90. The molecule has 0 aliphatic carbocycles. The van der Waals surface area contributed by atoms with E-state index in [1.807, 2.05) is 55.5 Å². The quantitative estimate of drug-likeness (QED) is 0.645. The lowest BCUT2D eigenvalue weighted by molar-refractivity contribution is 0.299. The van der Waals surface area contributed by atoms with Crippen LogP contribution in [0.1, 0.15) is 11.1 Å². The molecule has 25 heavy (non-hydrogen) atoms. The van der Waals surface area contributed by atoms with Crippen molar-refractivity contribution >= 4 is 29.1 Å². The minimum atomic E-state index is 0.136. The summed E-state index contributed by atoms with van der Waals surface area (Å²) in [5, 5.41) is 12.9. The van der Waals surface area contributed by atoms with Crippen LogP contribution < -0.4 is 11.1 Å². The smallest absolute Gasteiger partial charge is 0.222 e. The number of aryl methyl sites for hydroxylation is 1. The highest BCUT2D eigenvalue weighted by molar-refractivity contribution is 6.30. The van der Waals surface area contributed by atoms with Gasteiger partial charge in [0.25, 0.3) is 0 Å². The van der Waals surface area contributed by atoms with Gasteiger partial charge in [-0.1, -0.05) is 29.8 Å². The fraction of sp³-hybridized carbons (Fsp3) is 0.158. The SMILES string of the molecule is Cc1ccc(Cl)cc1-c1cc(Nc2ccc(CCO)cc2)nc(N)n1. The summed E-state index contributed by atoms with van der Waals surface area (Å²) in [6, 6.07) is 15.3. The van der Waals surface area contributed by atoms with Gasteiger partial charge in [0.05, 0.1) is 5.69 Å². The van der Waals surface area contributed by atoms with E-state index in [-0.39, 0.29) is 12.6 Å². The zero-order valence-electron chi connectivity index (χ0n) is 13.8. The van der Waals surface area contributed by atoms with Crippen LogP contribution in [-0.4, -0.2) is 21.7 Å². The van der Waals surface area contributed by atoms with Crippen molar-refractivity contribution < 1.29 is 5.11 Å². The third-order valence-electron chi connectivity index (χ3n) is 3.85. The number of anilines is 3. The van der Waals surface area contributed by atoms with Gasteiger partial charge in [-0.2, -0.15) is 4.98 Å².